The molecule has 2 aromatic rings. The van der Waals surface area contributed by atoms with Crippen molar-refractivity contribution in [1.82, 2.24) is 24.5 Å². The van der Waals surface area contributed by atoms with Crippen molar-refractivity contribution in [2.75, 3.05) is 13.1 Å². The Kier molecular flexibility index (Phi) is 5.48. The van der Waals surface area contributed by atoms with Crippen molar-refractivity contribution in [2.45, 2.75) is 40.5 Å². The molecule has 1 N–H and O–H groups in total. The number of carbonyl (C=O) groups excluding carboxylic acids is 1. The summed E-state index contributed by atoms with van der Waals surface area (Å²) in [5.41, 5.74) is 2.66. The minimum Gasteiger partial charge on any atom is -0.480 e. The first-order valence-corrected chi connectivity index (χ1v) is 7.95. The quantitative estimate of drug-likeness (QED) is 0.818. The number of aromatic nitrogens is 4. The Labute approximate surface area is 140 Å². The fourth-order valence-electron chi connectivity index (χ4n) is 2.77. The molecule has 130 valence electrons. The van der Waals surface area contributed by atoms with Crippen LogP contribution in [0.3, 0.4) is 0 Å². The lowest BCUT2D eigenvalue weighted by Gasteiger charge is -2.23. The van der Waals surface area contributed by atoms with E-state index < -0.39 is 5.97 Å². The molecule has 2 rings (SSSR count). The summed E-state index contributed by atoms with van der Waals surface area (Å²) in [7, 11) is 0. The van der Waals surface area contributed by atoms with Crippen molar-refractivity contribution in [3.8, 4) is 0 Å². The van der Waals surface area contributed by atoms with Gasteiger partial charge in [0.1, 0.15) is 12.9 Å². The third-order valence-electron chi connectivity index (χ3n) is 3.84. The van der Waals surface area contributed by atoms with Crippen LogP contribution in [0.4, 0.5) is 0 Å². The Balaban J connectivity index is 2.13. The highest BCUT2D eigenvalue weighted by molar-refractivity contribution is 5.81. The van der Waals surface area contributed by atoms with Gasteiger partial charge in [-0.05, 0) is 31.7 Å². The molecule has 0 radical (unpaired) electrons. The van der Waals surface area contributed by atoms with Gasteiger partial charge in [0.15, 0.2) is 0 Å². The highest BCUT2D eigenvalue weighted by Crippen LogP contribution is 2.15. The van der Waals surface area contributed by atoms with Crippen LogP contribution in [0, 0.1) is 19.8 Å². The number of aryl methyl sites for hydroxylation is 2. The first-order valence-electron chi connectivity index (χ1n) is 7.95. The monoisotopic (exact) mass is 333 g/mol. The molecule has 0 atom stereocenters. The Morgan fingerprint density at radius 3 is 2.67 bits per heavy atom. The summed E-state index contributed by atoms with van der Waals surface area (Å²) in [6, 6.07) is 0. The second-order valence-corrected chi connectivity index (χ2v) is 6.29. The zero-order valence-corrected chi connectivity index (χ0v) is 14.5. The van der Waals surface area contributed by atoms with E-state index >= 15 is 0 Å². The molecule has 0 aliphatic rings. The number of hydrogen-bond acceptors (Lipinski definition) is 5. The molecular formula is C16H23N5O3. The average Bonchev–Trinajstić information content (AvgIpc) is 2.93. The van der Waals surface area contributed by atoms with E-state index in [-0.39, 0.29) is 24.8 Å². The standard InChI is InChI=1S/C16H23N5O3/c1-10(2)7-20(8-15(23)24)14(22)6-5-13-11(3)19-16-17-9-18-21(16)12(13)4/h9-10H,5-8H2,1-4H3,(H,23,24). The molecule has 0 saturated heterocycles. The summed E-state index contributed by atoms with van der Waals surface area (Å²) < 4.78 is 1.65. The maximum absolute atomic E-state index is 12.4. The molecule has 2 heterocycles. The topological polar surface area (TPSA) is 101 Å². The molecule has 0 aliphatic carbocycles. The largest absolute Gasteiger partial charge is 0.480 e. The fourth-order valence-corrected chi connectivity index (χ4v) is 2.77. The van der Waals surface area contributed by atoms with E-state index in [0.29, 0.717) is 18.7 Å². The minimum atomic E-state index is -0.998. The number of aliphatic carboxylic acids is 1. The van der Waals surface area contributed by atoms with E-state index in [1.54, 1.807) is 4.52 Å². The van der Waals surface area contributed by atoms with Crippen molar-refractivity contribution in [3.05, 3.63) is 23.3 Å². The summed E-state index contributed by atoms with van der Waals surface area (Å²) in [5.74, 6) is -0.414. The second-order valence-electron chi connectivity index (χ2n) is 6.29. The highest BCUT2D eigenvalue weighted by Gasteiger charge is 2.19. The maximum Gasteiger partial charge on any atom is 0.323 e. The summed E-state index contributed by atoms with van der Waals surface area (Å²) in [4.78, 5) is 33.3. The number of carboxylic acid groups (broad SMARTS) is 1. The van der Waals surface area contributed by atoms with Gasteiger partial charge in [-0.25, -0.2) is 9.50 Å². The molecule has 2 aromatic heterocycles. The van der Waals surface area contributed by atoms with Crippen molar-refractivity contribution in [1.29, 1.82) is 0 Å². The van der Waals surface area contributed by atoms with Gasteiger partial charge in [0.05, 0.1) is 0 Å². The summed E-state index contributed by atoms with van der Waals surface area (Å²) in [6.07, 6.45) is 2.18. The van der Waals surface area contributed by atoms with Crippen LogP contribution in [0.15, 0.2) is 6.33 Å². The van der Waals surface area contributed by atoms with E-state index in [9.17, 15) is 9.59 Å². The molecule has 0 aromatic carbocycles. The van der Waals surface area contributed by atoms with E-state index in [4.69, 9.17) is 5.11 Å². The molecule has 0 saturated carbocycles. The molecule has 0 bridgehead atoms. The maximum atomic E-state index is 12.4. The Bertz CT molecular complexity index is 753. The summed E-state index contributed by atoms with van der Waals surface area (Å²) in [5, 5.41) is 13.1. The third kappa shape index (κ3) is 4.06. The average molecular weight is 333 g/mol. The fraction of sp³-hybridized carbons (Fsp3) is 0.562. The predicted octanol–water partition coefficient (Wildman–Crippen LogP) is 1.24. The molecular weight excluding hydrogens is 310 g/mol. The predicted molar refractivity (Wildman–Crippen MR) is 87.6 cm³/mol. The number of nitrogens with zero attached hydrogens (tertiary/aromatic N) is 5. The summed E-state index contributed by atoms with van der Waals surface area (Å²) in [6.45, 7) is 7.88. The smallest absolute Gasteiger partial charge is 0.323 e. The first-order chi connectivity index (χ1) is 11.3. The van der Waals surface area contributed by atoms with Gasteiger partial charge < -0.3 is 10.0 Å². The normalized spacial score (nSPS) is 11.2. The van der Waals surface area contributed by atoms with Gasteiger partial charge in [0.25, 0.3) is 5.78 Å². The van der Waals surface area contributed by atoms with Gasteiger partial charge in [-0.15, -0.1) is 0 Å². The van der Waals surface area contributed by atoms with Crippen LogP contribution in [0.25, 0.3) is 5.78 Å². The van der Waals surface area contributed by atoms with E-state index in [1.165, 1.54) is 11.2 Å². The van der Waals surface area contributed by atoms with Crippen LogP contribution >= 0.6 is 0 Å². The number of fused-ring (bicyclic) bond motifs is 1. The van der Waals surface area contributed by atoms with Crippen LogP contribution in [0.1, 0.15) is 37.2 Å². The SMILES string of the molecule is Cc1nc2ncnn2c(C)c1CCC(=O)N(CC(=O)O)CC(C)C. The first kappa shape index (κ1) is 17.8. The second kappa shape index (κ2) is 7.37. The van der Waals surface area contributed by atoms with Crippen molar-refractivity contribution in [3.63, 3.8) is 0 Å². The summed E-state index contributed by atoms with van der Waals surface area (Å²) >= 11 is 0. The number of carbonyl (C=O) groups is 2. The van der Waals surface area contributed by atoms with Crippen LogP contribution < -0.4 is 0 Å². The zero-order chi connectivity index (χ0) is 17.9. The lowest BCUT2D eigenvalue weighted by atomic mass is 10.1. The number of amides is 1. The van der Waals surface area contributed by atoms with Gasteiger partial charge in [0, 0.05) is 24.4 Å². The molecule has 8 heteroatoms. The number of carboxylic acids is 1. The van der Waals surface area contributed by atoms with E-state index in [0.717, 1.165) is 17.0 Å². The lowest BCUT2D eigenvalue weighted by molar-refractivity contribution is -0.144. The number of hydrogen-bond donors (Lipinski definition) is 1. The van der Waals surface area contributed by atoms with Gasteiger partial charge >= 0.3 is 5.97 Å². The Morgan fingerprint density at radius 2 is 2.04 bits per heavy atom. The minimum absolute atomic E-state index is 0.163. The van der Waals surface area contributed by atoms with E-state index in [1.807, 2.05) is 27.7 Å². The van der Waals surface area contributed by atoms with Crippen LogP contribution in [-0.4, -0.2) is 54.6 Å². The van der Waals surface area contributed by atoms with Crippen LogP contribution in [0.2, 0.25) is 0 Å². The van der Waals surface area contributed by atoms with Gasteiger partial charge in [-0.2, -0.15) is 10.1 Å². The van der Waals surface area contributed by atoms with Gasteiger partial charge in [-0.3, -0.25) is 9.59 Å². The molecule has 0 aliphatic heterocycles. The van der Waals surface area contributed by atoms with E-state index in [2.05, 4.69) is 15.1 Å². The molecule has 1 amide bonds. The van der Waals surface area contributed by atoms with Crippen molar-refractivity contribution < 1.29 is 14.7 Å². The zero-order valence-electron chi connectivity index (χ0n) is 14.5. The van der Waals surface area contributed by atoms with Crippen molar-refractivity contribution in [2.24, 2.45) is 5.92 Å². The van der Waals surface area contributed by atoms with Crippen LogP contribution in [-0.2, 0) is 16.0 Å². The highest BCUT2D eigenvalue weighted by atomic mass is 16.4. The third-order valence-corrected chi connectivity index (χ3v) is 3.84. The molecule has 24 heavy (non-hydrogen) atoms. The molecule has 0 spiro atoms. The lowest BCUT2D eigenvalue weighted by Crippen LogP contribution is -2.38. The van der Waals surface area contributed by atoms with Gasteiger partial charge in [0.2, 0.25) is 5.91 Å². The Morgan fingerprint density at radius 1 is 1.33 bits per heavy atom. The van der Waals surface area contributed by atoms with Crippen LogP contribution in [0.5, 0.6) is 0 Å². The molecule has 0 fully saturated rings. The van der Waals surface area contributed by atoms with Crippen molar-refractivity contribution >= 4 is 17.7 Å². The molecule has 0 unspecified atom stereocenters. The number of rotatable bonds is 7. The Hall–Kier alpha value is -2.51. The van der Waals surface area contributed by atoms with Gasteiger partial charge in [-0.1, -0.05) is 13.8 Å². The molecule has 8 nitrogen and oxygen atoms in total.